The van der Waals surface area contributed by atoms with Crippen molar-refractivity contribution in [2.24, 2.45) is 0 Å². The highest BCUT2D eigenvalue weighted by molar-refractivity contribution is 5.63. The number of aryl methyl sites for hydroxylation is 1. The highest BCUT2D eigenvalue weighted by Crippen LogP contribution is 2.28. The molecule has 4 rings (SSSR count). The van der Waals surface area contributed by atoms with Crippen molar-refractivity contribution in [1.82, 2.24) is 19.2 Å². The van der Waals surface area contributed by atoms with E-state index in [-0.39, 0.29) is 10.6 Å². The monoisotopic (exact) mass is 333 g/mol. The van der Waals surface area contributed by atoms with Gasteiger partial charge in [0, 0.05) is 42.4 Å². The summed E-state index contributed by atoms with van der Waals surface area (Å²) in [6.45, 7) is 3.84. The number of rotatable bonds is 3. The van der Waals surface area contributed by atoms with Crippen LogP contribution >= 0.6 is 0 Å². The second-order valence-corrected chi connectivity index (χ2v) is 5.88. The van der Waals surface area contributed by atoms with Crippen molar-refractivity contribution in [3.63, 3.8) is 0 Å². The topological polar surface area (TPSA) is 78.3 Å². The Labute approximate surface area is 143 Å². The Balaban J connectivity index is 2.00. The molecular formula is C18H15N5O2. The van der Waals surface area contributed by atoms with Crippen LogP contribution in [0.15, 0.2) is 55.1 Å². The number of aromatic nitrogens is 4. The zero-order valence-corrected chi connectivity index (χ0v) is 13.7. The van der Waals surface area contributed by atoms with E-state index in [0.717, 1.165) is 33.7 Å². The van der Waals surface area contributed by atoms with Crippen LogP contribution in [0.3, 0.4) is 0 Å². The van der Waals surface area contributed by atoms with Crippen molar-refractivity contribution in [1.29, 1.82) is 0 Å². The summed E-state index contributed by atoms with van der Waals surface area (Å²) in [7, 11) is 0. The number of pyridine rings is 1. The van der Waals surface area contributed by atoms with Crippen LogP contribution in [0.2, 0.25) is 0 Å². The molecule has 7 nitrogen and oxygen atoms in total. The zero-order chi connectivity index (χ0) is 17.6. The number of hydrogen-bond donors (Lipinski definition) is 0. The average Bonchev–Trinajstić information content (AvgIpc) is 3.20. The molecule has 7 heteroatoms. The largest absolute Gasteiger partial charge is 0.271 e. The standard InChI is InChI=1S/C18H15N5O2/c1-12-8-15(23(24)25)9-16(13(12)2)21-7-5-18-20-11-17(22(18)21)14-4-3-6-19-10-14/h3-11H,1-2H3. The van der Waals surface area contributed by atoms with E-state index < -0.39 is 0 Å². The first-order valence-electron chi connectivity index (χ1n) is 7.78. The SMILES string of the molecule is Cc1cc([N+](=O)[O-])cc(-n2ccc3ncc(-c4cccnc4)n32)c1C. The lowest BCUT2D eigenvalue weighted by Crippen LogP contribution is -2.07. The van der Waals surface area contributed by atoms with Crippen LogP contribution in [0.25, 0.3) is 22.6 Å². The molecule has 0 unspecified atom stereocenters. The number of nitro groups is 1. The van der Waals surface area contributed by atoms with Crippen LogP contribution in [0.5, 0.6) is 0 Å². The van der Waals surface area contributed by atoms with Gasteiger partial charge in [0.25, 0.3) is 5.69 Å². The van der Waals surface area contributed by atoms with Crippen LogP contribution in [0, 0.1) is 24.0 Å². The lowest BCUT2D eigenvalue weighted by atomic mass is 10.1. The molecule has 0 aliphatic heterocycles. The Morgan fingerprint density at radius 3 is 2.72 bits per heavy atom. The third-order valence-corrected chi connectivity index (χ3v) is 4.38. The second kappa shape index (κ2) is 5.55. The van der Waals surface area contributed by atoms with Crippen molar-refractivity contribution in [3.8, 4) is 16.9 Å². The van der Waals surface area contributed by atoms with Gasteiger partial charge in [0.2, 0.25) is 0 Å². The fourth-order valence-electron chi connectivity index (χ4n) is 2.97. The summed E-state index contributed by atoms with van der Waals surface area (Å²) in [5.41, 5.74) is 5.24. The van der Waals surface area contributed by atoms with Crippen LogP contribution in [-0.2, 0) is 0 Å². The predicted molar refractivity (Wildman–Crippen MR) is 93.9 cm³/mol. The maximum Gasteiger partial charge on any atom is 0.271 e. The molecule has 0 spiro atoms. The van der Waals surface area contributed by atoms with Gasteiger partial charge in [0.05, 0.1) is 22.5 Å². The number of nitrogens with zero attached hydrogens (tertiary/aromatic N) is 5. The van der Waals surface area contributed by atoms with Crippen LogP contribution in [0.1, 0.15) is 11.1 Å². The first-order chi connectivity index (χ1) is 12.1. The fourth-order valence-corrected chi connectivity index (χ4v) is 2.97. The minimum absolute atomic E-state index is 0.0722. The Bertz CT molecular complexity index is 1100. The van der Waals surface area contributed by atoms with Gasteiger partial charge < -0.3 is 0 Å². The first-order valence-corrected chi connectivity index (χ1v) is 7.78. The highest BCUT2D eigenvalue weighted by atomic mass is 16.6. The van der Waals surface area contributed by atoms with Gasteiger partial charge >= 0.3 is 0 Å². The molecule has 3 aromatic heterocycles. The van der Waals surface area contributed by atoms with Gasteiger partial charge in [-0.3, -0.25) is 19.8 Å². The molecule has 0 amide bonds. The lowest BCUT2D eigenvalue weighted by molar-refractivity contribution is -0.384. The highest BCUT2D eigenvalue weighted by Gasteiger charge is 2.17. The van der Waals surface area contributed by atoms with E-state index >= 15 is 0 Å². The van der Waals surface area contributed by atoms with Crippen LogP contribution in [-0.4, -0.2) is 24.1 Å². The van der Waals surface area contributed by atoms with Gasteiger partial charge in [-0.2, -0.15) is 0 Å². The molecule has 0 bridgehead atoms. The van der Waals surface area contributed by atoms with E-state index in [1.54, 1.807) is 30.7 Å². The van der Waals surface area contributed by atoms with Crippen molar-refractivity contribution in [3.05, 3.63) is 76.4 Å². The van der Waals surface area contributed by atoms with Gasteiger partial charge in [-0.1, -0.05) is 0 Å². The zero-order valence-electron chi connectivity index (χ0n) is 13.7. The van der Waals surface area contributed by atoms with Gasteiger partial charge in [-0.15, -0.1) is 0 Å². The van der Waals surface area contributed by atoms with Crippen LogP contribution < -0.4 is 0 Å². The normalized spacial score (nSPS) is 11.1. The summed E-state index contributed by atoms with van der Waals surface area (Å²) < 4.78 is 3.82. The second-order valence-electron chi connectivity index (χ2n) is 5.88. The van der Waals surface area contributed by atoms with Gasteiger partial charge in [-0.25, -0.2) is 9.50 Å². The Morgan fingerprint density at radius 1 is 1.16 bits per heavy atom. The van der Waals surface area contributed by atoms with E-state index in [2.05, 4.69) is 9.97 Å². The molecule has 0 radical (unpaired) electrons. The summed E-state index contributed by atoms with van der Waals surface area (Å²) in [6.07, 6.45) is 7.14. The predicted octanol–water partition coefficient (Wildman–Crippen LogP) is 3.71. The van der Waals surface area contributed by atoms with Crippen molar-refractivity contribution >= 4 is 11.3 Å². The number of fused-ring (bicyclic) bond motifs is 1. The first kappa shape index (κ1) is 15.1. The number of imidazole rings is 1. The molecule has 1 aromatic carbocycles. The number of benzene rings is 1. The van der Waals surface area contributed by atoms with Gasteiger partial charge in [-0.05, 0) is 37.1 Å². The quantitative estimate of drug-likeness (QED) is 0.423. The summed E-state index contributed by atoms with van der Waals surface area (Å²) in [6, 6.07) is 8.89. The van der Waals surface area contributed by atoms with E-state index in [0.29, 0.717) is 0 Å². The minimum Gasteiger partial charge on any atom is -0.264 e. The molecule has 0 aliphatic rings. The third kappa shape index (κ3) is 2.37. The molecule has 124 valence electrons. The molecule has 0 fully saturated rings. The number of non-ortho nitro benzene ring substituents is 1. The number of nitro benzene ring substituents is 1. The van der Waals surface area contributed by atoms with Gasteiger partial charge in [0.15, 0.2) is 5.65 Å². The summed E-state index contributed by atoms with van der Waals surface area (Å²) in [5.74, 6) is 0. The minimum atomic E-state index is -0.368. The van der Waals surface area contributed by atoms with Crippen LogP contribution in [0.4, 0.5) is 5.69 Å². The Morgan fingerprint density at radius 2 is 2.00 bits per heavy atom. The maximum atomic E-state index is 11.3. The maximum absolute atomic E-state index is 11.3. The Kier molecular flexibility index (Phi) is 3.35. The molecular weight excluding hydrogens is 318 g/mol. The summed E-state index contributed by atoms with van der Waals surface area (Å²) in [5, 5.41) is 11.3. The molecule has 3 heterocycles. The number of hydrogen-bond acceptors (Lipinski definition) is 4. The lowest BCUT2D eigenvalue weighted by Gasteiger charge is -2.13. The molecule has 4 aromatic rings. The summed E-state index contributed by atoms with van der Waals surface area (Å²) in [4.78, 5) is 19.5. The molecule has 25 heavy (non-hydrogen) atoms. The molecule has 0 atom stereocenters. The molecule has 0 N–H and O–H groups in total. The van der Waals surface area contributed by atoms with E-state index in [4.69, 9.17) is 0 Å². The summed E-state index contributed by atoms with van der Waals surface area (Å²) >= 11 is 0. The van der Waals surface area contributed by atoms with Crippen molar-refractivity contribution in [2.45, 2.75) is 13.8 Å². The molecule has 0 saturated heterocycles. The van der Waals surface area contributed by atoms with E-state index in [1.807, 2.05) is 47.4 Å². The fraction of sp³-hybridized carbons (Fsp3) is 0.111. The average molecular weight is 333 g/mol. The Hall–Kier alpha value is -3.48. The third-order valence-electron chi connectivity index (χ3n) is 4.38. The molecule has 0 saturated carbocycles. The van der Waals surface area contributed by atoms with Crippen molar-refractivity contribution < 1.29 is 4.92 Å². The van der Waals surface area contributed by atoms with Crippen molar-refractivity contribution in [2.75, 3.05) is 0 Å². The van der Waals surface area contributed by atoms with E-state index in [1.165, 1.54) is 0 Å². The van der Waals surface area contributed by atoms with Gasteiger partial charge in [0.1, 0.15) is 0 Å². The van der Waals surface area contributed by atoms with E-state index in [9.17, 15) is 10.1 Å². The molecule has 0 aliphatic carbocycles. The smallest absolute Gasteiger partial charge is 0.264 e.